The van der Waals surface area contributed by atoms with Gasteiger partial charge in [-0.25, -0.2) is 4.39 Å². The van der Waals surface area contributed by atoms with E-state index >= 15 is 0 Å². The van der Waals surface area contributed by atoms with E-state index in [1.165, 1.54) is 12.1 Å². The lowest BCUT2D eigenvalue weighted by Crippen LogP contribution is -1.91. The van der Waals surface area contributed by atoms with Gasteiger partial charge >= 0.3 is 0 Å². The molecule has 0 amide bonds. The Morgan fingerprint density at radius 2 is 1.89 bits per heavy atom. The van der Waals surface area contributed by atoms with Crippen LogP contribution in [0.25, 0.3) is 0 Å². The molecule has 0 aliphatic carbocycles. The molecule has 0 aliphatic rings. The van der Waals surface area contributed by atoms with Gasteiger partial charge in [-0.15, -0.1) is 0 Å². The fourth-order valence-corrected chi connectivity index (χ4v) is 2.17. The van der Waals surface area contributed by atoms with Crippen molar-refractivity contribution in [3.63, 3.8) is 0 Å². The van der Waals surface area contributed by atoms with Crippen molar-refractivity contribution in [3.05, 3.63) is 57.3 Å². The average molecular weight is 332 g/mol. The molecular formula is C13H9BrClFO2. The molecule has 5 heteroatoms. The Morgan fingerprint density at radius 1 is 1.17 bits per heavy atom. The molecule has 0 aliphatic heterocycles. The van der Waals surface area contributed by atoms with Gasteiger partial charge in [0.15, 0.2) is 11.6 Å². The van der Waals surface area contributed by atoms with Gasteiger partial charge in [-0.05, 0) is 51.8 Å². The second-order valence-electron chi connectivity index (χ2n) is 3.60. The van der Waals surface area contributed by atoms with Crippen molar-refractivity contribution in [1.29, 1.82) is 0 Å². The minimum absolute atomic E-state index is 0.0928. The fourth-order valence-electron chi connectivity index (χ4n) is 1.40. The first-order valence-corrected chi connectivity index (χ1v) is 6.29. The maximum absolute atomic E-state index is 13.7. The molecule has 18 heavy (non-hydrogen) atoms. The van der Waals surface area contributed by atoms with Crippen LogP contribution in [0.4, 0.5) is 4.39 Å². The topological polar surface area (TPSA) is 29.5 Å². The van der Waals surface area contributed by atoms with E-state index in [4.69, 9.17) is 21.4 Å². The zero-order chi connectivity index (χ0) is 13.1. The molecule has 2 rings (SSSR count). The van der Waals surface area contributed by atoms with Gasteiger partial charge in [-0.3, -0.25) is 0 Å². The number of hydrogen-bond donors (Lipinski definition) is 1. The number of hydrogen-bond acceptors (Lipinski definition) is 2. The van der Waals surface area contributed by atoms with Crippen LogP contribution in [0.5, 0.6) is 11.5 Å². The lowest BCUT2D eigenvalue weighted by molar-refractivity contribution is 0.281. The molecular weight excluding hydrogens is 322 g/mol. The molecule has 0 unspecified atom stereocenters. The van der Waals surface area contributed by atoms with Crippen molar-refractivity contribution in [2.75, 3.05) is 0 Å². The van der Waals surface area contributed by atoms with Gasteiger partial charge in [0.1, 0.15) is 5.75 Å². The molecule has 0 radical (unpaired) electrons. The maximum atomic E-state index is 13.7. The van der Waals surface area contributed by atoms with Crippen LogP contribution < -0.4 is 4.74 Å². The normalized spacial score (nSPS) is 10.4. The Hall–Kier alpha value is -1.10. The third-order valence-electron chi connectivity index (χ3n) is 2.29. The van der Waals surface area contributed by atoms with Gasteiger partial charge in [0.2, 0.25) is 0 Å². The van der Waals surface area contributed by atoms with Gasteiger partial charge < -0.3 is 9.84 Å². The van der Waals surface area contributed by atoms with Gasteiger partial charge in [0.05, 0.1) is 11.1 Å². The Kier molecular flexibility index (Phi) is 4.22. The third kappa shape index (κ3) is 3.02. The SMILES string of the molecule is OCc1ccc(Oc2ccc(Cl)cc2Br)c(F)c1. The van der Waals surface area contributed by atoms with Crippen LogP contribution in [-0.2, 0) is 6.61 Å². The molecule has 0 fully saturated rings. The standard InChI is InChI=1S/C13H9BrClFO2/c14-10-6-9(15)2-4-12(10)18-13-3-1-8(7-17)5-11(13)16/h1-6,17H,7H2. The van der Waals surface area contributed by atoms with Crippen LogP contribution in [0.3, 0.4) is 0 Å². The van der Waals surface area contributed by atoms with Gasteiger partial charge in [0.25, 0.3) is 0 Å². The summed E-state index contributed by atoms with van der Waals surface area (Å²) in [6.45, 7) is -0.207. The van der Waals surface area contributed by atoms with E-state index in [-0.39, 0.29) is 12.4 Å². The molecule has 2 aromatic carbocycles. The van der Waals surface area contributed by atoms with E-state index in [1.807, 2.05) is 0 Å². The number of aliphatic hydroxyl groups is 1. The van der Waals surface area contributed by atoms with Crippen LogP contribution in [0.15, 0.2) is 40.9 Å². The molecule has 0 saturated carbocycles. The minimum Gasteiger partial charge on any atom is -0.453 e. The highest BCUT2D eigenvalue weighted by Crippen LogP contribution is 2.33. The average Bonchev–Trinajstić information content (AvgIpc) is 2.34. The summed E-state index contributed by atoms with van der Waals surface area (Å²) in [4.78, 5) is 0. The molecule has 2 nitrogen and oxygen atoms in total. The number of rotatable bonds is 3. The predicted molar refractivity (Wildman–Crippen MR) is 71.5 cm³/mol. The van der Waals surface area contributed by atoms with Gasteiger partial charge in [0, 0.05) is 5.02 Å². The van der Waals surface area contributed by atoms with Crippen molar-refractivity contribution < 1.29 is 14.2 Å². The summed E-state index contributed by atoms with van der Waals surface area (Å²) in [5.74, 6) is 0.0358. The van der Waals surface area contributed by atoms with E-state index < -0.39 is 5.82 Å². The highest BCUT2D eigenvalue weighted by atomic mass is 79.9. The zero-order valence-corrected chi connectivity index (χ0v) is 11.5. The van der Waals surface area contributed by atoms with Gasteiger partial charge in [-0.1, -0.05) is 17.7 Å². The molecule has 0 bridgehead atoms. The van der Waals surface area contributed by atoms with E-state index in [1.54, 1.807) is 24.3 Å². The van der Waals surface area contributed by atoms with Crippen molar-refractivity contribution in [3.8, 4) is 11.5 Å². The van der Waals surface area contributed by atoms with E-state index in [2.05, 4.69) is 15.9 Å². The molecule has 0 heterocycles. The molecule has 94 valence electrons. The lowest BCUT2D eigenvalue weighted by atomic mass is 10.2. The quantitative estimate of drug-likeness (QED) is 0.895. The Balaban J connectivity index is 2.28. The first-order valence-electron chi connectivity index (χ1n) is 5.12. The zero-order valence-electron chi connectivity index (χ0n) is 9.16. The summed E-state index contributed by atoms with van der Waals surface area (Å²) < 4.78 is 19.7. The molecule has 0 saturated heterocycles. The first kappa shape index (κ1) is 13.3. The second-order valence-corrected chi connectivity index (χ2v) is 4.89. The second kappa shape index (κ2) is 5.69. The Morgan fingerprint density at radius 3 is 2.50 bits per heavy atom. The molecule has 0 aromatic heterocycles. The summed E-state index contributed by atoms with van der Waals surface area (Å²) in [7, 11) is 0. The summed E-state index contributed by atoms with van der Waals surface area (Å²) in [5.41, 5.74) is 0.495. The minimum atomic E-state index is -0.525. The number of ether oxygens (including phenoxy) is 1. The Bertz CT molecular complexity index is 575. The van der Waals surface area contributed by atoms with Crippen LogP contribution in [0.2, 0.25) is 5.02 Å². The molecule has 2 aromatic rings. The predicted octanol–water partition coefficient (Wildman–Crippen LogP) is 4.53. The van der Waals surface area contributed by atoms with Crippen LogP contribution in [0, 0.1) is 5.82 Å². The molecule has 0 atom stereocenters. The summed E-state index contributed by atoms with van der Waals surface area (Å²) in [6, 6.07) is 9.27. The van der Waals surface area contributed by atoms with Crippen molar-refractivity contribution >= 4 is 27.5 Å². The highest BCUT2D eigenvalue weighted by Gasteiger charge is 2.08. The van der Waals surface area contributed by atoms with E-state index in [0.717, 1.165) is 0 Å². The number of halogens is 3. The van der Waals surface area contributed by atoms with Crippen LogP contribution in [0.1, 0.15) is 5.56 Å². The summed E-state index contributed by atoms with van der Waals surface area (Å²) in [6.07, 6.45) is 0. The first-order chi connectivity index (χ1) is 8.60. The lowest BCUT2D eigenvalue weighted by Gasteiger charge is -2.09. The summed E-state index contributed by atoms with van der Waals surface area (Å²) >= 11 is 9.09. The smallest absolute Gasteiger partial charge is 0.166 e. The van der Waals surface area contributed by atoms with E-state index in [9.17, 15) is 4.39 Å². The highest BCUT2D eigenvalue weighted by molar-refractivity contribution is 9.10. The monoisotopic (exact) mass is 330 g/mol. The largest absolute Gasteiger partial charge is 0.453 e. The third-order valence-corrected chi connectivity index (χ3v) is 3.15. The summed E-state index contributed by atoms with van der Waals surface area (Å²) in [5, 5.41) is 9.45. The van der Waals surface area contributed by atoms with E-state index in [0.29, 0.717) is 20.8 Å². The van der Waals surface area contributed by atoms with Crippen molar-refractivity contribution in [2.45, 2.75) is 6.61 Å². The maximum Gasteiger partial charge on any atom is 0.166 e. The number of aliphatic hydroxyl groups excluding tert-OH is 1. The Labute approximate surface area is 117 Å². The molecule has 0 spiro atoms. The molecule has 1 N–H and O–H groups in total. The van der Waals surface area contributed by atoms with Crippen molar-refractivity contribution in [1.82, 2.24) is 0 Å². The van der Waals surface area contributed by atoms with Crippen molar-refractivity contribution in [2.24, 2.45) is 0 Å². The fraction of sp³-hybridized carbons (Fsp3) is 0.0769. The van der Waals surface area contributed by atoms with Gasteiger partial charge in [-0.2, -0.15) is 0 Å². The van der Waals surface area contributed by atoms with Crippen LogP contribution >= 0.6 is 27.5 Å². The van der Waals surface area contributed by atoms with Crippen LogP contribution in [-0.4, -0.2) is 5.11 Å². The number of benzene rings is 2.